The molecule has 1 atom stereocenters. The molecule has 0 radical (unpaired) electrons. The minimum atomic E-state index is -0.384. The molecule has 1 N–H and O–H groups in total. The van der Waals surface area contributed by atoms with Gasteiger partial charge in [0.05, 0.1) is 19.2 Å². The molecule has 1 heterocycles. The third kappa shape index (κ3) is 18.5. The monoisotopic (exact) mass is 485 g/mol. The summed E-state index contributed by atoms with van der Waals surface area (Å²) in [6.07, 6.45) is 6.48. The number of piperidine rings is 1. The van der Waals surface area contributed by atoms with Crippen molar-refractivity contribution in [1.29, 1.82) is 0 Å². The van der Waals surface area contributed by atoms with E-state index in [9.17, 15) is 14.4 Å². The van der Waals surface area contributed by atoms with Gasteiger partial charge < -0.3 is 19.9 Å². The maximum atomic E-state index is 11.9. The van der Waals surface area contributed by atoms with E-state index in [2.05, 4.69) is 44.8 Å². The molecule has 0 aromatic carbocycles. The number of likely N-dealkylation sites (N-methyl/N-ethyl adjacent to an activating group) is 1. The normalized spacial score (nSPS) is 14.7. The van der Waals surface area contributed by atoms with Crippen LogP contribution in [-0.4, -0.2) is 73.5 Å². The third-order valence-corrected chi connectivity index (χ3v) is 5.00. The molecule has 34 heavy (non-hydrogen) atoms. The first-order valence-electron chi connectivity index (χ1n) is 12.4. The lowest BCUT2D eigenvalue weighted by atomic mass is 10.00. The Morgan fingerprint density at radius 3 is 1.88 bits per heavy atom. The molecule has 1 fully saturated rings. The Morgan fingerprint density at radius 2 is 1.53 bits per heavy atom. The van der Waals surface area contributed by atoms with Gasteiger partial charge in [0.2, 0.25) is 12.3 Å². The van der Waals surface area contributed by atoms with Gasteiger partial charge >= 0.3 is 5.97 Å². The molecule has 0 aliphatic carbocycles. The SMILES string of the molecule is C.CC(C)C.CC(C)N1CCCCC1.CCOC(=O)/C(C)=C/[C@H](C(C)C)N(C)C(=O)CNC=O. The average Bonchev–Trinajstić information content (AvgIpc) is 2.75. The first-order valence-corrected chi connectivity index (χ1v) is 12.4. The summed E-state index contributed by atoms with van der Waals surface area (Å²) < 4.78 is 4.92. The number of rotatable bonds is 9. The average molecular weight is 486 g/mol. The number of nitrogens with zero attached hydrogens (tertiary/aromatic N) is 2. The Labute approximate surface area is 210 Å². The van der Waals surface area contributed by atoms with E-state index in [4.69, 9.17) is 4.74 Å². The van der Waals surface area contributed by atoms with Crippen LogP contribution in [0.2, 0.25) is 0 Å². The fraction of sp³-hybridized carbons (Fsp3) is 0.815. The molecule has 202 valence electrons. The molecule has 7 nitrogen and oxygen atoms in total. The van der Waals surface area contributed by atoms with Gasteiger partial charge in [-0.15, -0.1) is 0 Å². The fourth-order valence-corrected chi connectivity index (χ4v) is 3.18. The Balaban J connectivity index is -0.000000563. The number of hydrogen-bond donors (Lipinski definition) is 1. The molecule has 0 bridgehead atoms. The lowest BCUT2D eigenvalue weighted by Crippen LogP contribution is -2.43. The van der Waals surface area contributed by atoms with E-state index in [1.54, 1.807) is 27.0 Å². The number of nitrogens with one attached hydrogen (secondary N) is 1. The first kappa shape index (κ1) is 36.7. The molecule has 2 amide bonds. The molecule has 0 unspecified atom stereocenters. The van der Waals surface area contributed by atoms with E-state index in [-0.39, 0.29) is 37.8 Å². The van der Waals surface area contributed by atoms with E-state index in [0.717, 1.165) is 12.0 Å². The molecular formula is C27H55N3O4. The van der Waals surface area contributed by atoms with Crippen molar-refractivity contribution in [2.24, 2.45) is 11.8 Å². The highest BCUT2D eigenvalue weighted by Crippen LogP contribution is 2.14. The van der Waals surface area contributed by atoms with Crippen LogP contribution >= 0.6 is 0 Å². The number of likely N-dealkylation sites (tertiary alicyclic amines) is 1. The Hall–Kier alpha value is -1.89. The van der Waals surface area contributed by atoms with E-state index in [0.29, 0.717) is 18.6 Å². The minimum absolute atomic E-state index is 0. The number of amides is 2. The van der Waals surface area contributed by atoms with Crippen LogP contribution in [0.25, 0.3) is 0 Å². The Kier molecular flexibility index (Phi) is 23.3. The number of ether oxygens (including phenoxy) is 1. The van der Waals surface area contributed by atoms with Crippen molar-refractivity contribution in [2.45, 2.75) is 101 Å². The standard InChI is InChI=1S/C14H24N2O4.C8H17N.C4H10.CH4/c1-6-20-14(19)11(4)7-12(10(2)3)16(5)13(18)8-15-9-17;1-8(2)9-6-4-3-5-7-9;1-4(2)3;/h7,9-10,12H,6,8H2,1-5H3,(H,15,17);8H,3-7H2,1-2H3;4H,1-3H3;1H4/b11-7+;;;/t12-;;;/m1.../s1. The first-order chi connectivity index (χ1) is 15.4. The maximum Gasteiger partial charge on any atom is 0.333 e. The molecule has 0 aromatic heterocycles. The third-order valence-electron chi connectivity index (χ3n) is 5.00. The summed E-state index contributed by atoms with van der Waals surface area (Å²) in [5.74, 6) is 0.360. The molecule has 1 saturated heterocycles. The second kappa shape index (κ2) is 21.6. The van der Waals surface area contributed by atoms with Gasteiger partial charge in [-0.3, -0.25) is 9.59 Å². The van der Waals surface area contributed by atoms with E-state index >= 15 is 0 Å². The largest absolute Gasteiger partial charge is 0.463 e. The quantitative estimate of drug-likeness (QED) is 0.285. The zero-order chi connectivity index (χ0) is 26.0. The molecule has 0 aromatic rings. The Bertz CT molecular complexity index is 565. The number of esters is 1. The predicted molar refractivity (Wildman–Crippen MR) is 144 cm³/mol. The smallest absolute Gasteiger partial charge is 0.333 e. The highest BCUT2D eigenvalue weighted by molar-refractivity contribution is 5.88. The summed E-state index contributed by atoms with van der Waals surface area (Å²) in [7, 11) is 1.65. The number of carbonyl (C=O) groups is 3. The van der Waals surface area contributed by atoms with Crippen molar-refractivity contribution >= 4 is 18.3 Å². The molecule has 0 saturated carbocycles. The van der Waals surface area contributed by atoms with Crippen molar-refractivity contribution in [3.8, 4) is 0 Å². The summed E-state index contributed by atoms with van der Waals surface area (Å²) in [4.78, 5) is 37.8. The van der Waals surface area contributed by atoms with Gasteiger partial charge in [0, 0.05) is 18.7 Å². The van der Waals surface area contributed by atoms with Gasteiger partial charge in [-0.05, 0) is 65.5 Å². The van der Waals surface area contributed by atoms with Crippen molar-refractivity contribution in [2.75, 3.05) is 33.3 Å². The Morgan fingerprint density at radius 1 is 1.03 bits per heavy atom. The van der Waals surface area contributed by atoms with Crippen LogP contribution in [-0.2, 0) is 19.1 Å². The molecular weight excluding hydrogens is 430 g/mol. The lowest BCUT2D eigenvalue weighted by molar-refractivity contribution is -0.138. The minimum Gasteiger partial charge on any atom is -0.463 e. The maximum absolute atomic E-state index is 11.9. The van der Waals surface area contributed by atoms with Gasteiger partial charge in [0.1, 0.15) is 0 Å². The topological polar surface area (TPSA) is 79.0 Å². The van der Waals surface area contributed by atoms with Crippen molar-refractivity contribution in [3.63, 3.8) is 0 Å². The van der Waals surface area contributed by atoms with E-state index in [1.165, 1.54) is 37.3 Å². The van der Waals surface area contributed by atoms with Crippen LogP contribution in [0.3, 0.4) is 0 Å². The summed E-state index contributed by atoms with van der Waals surface area (Å²) in [5.41, 5.74) is 0.466. The predicted octanol–water partition coefficient (Wildman–Crippen LogP) is 4.90. The van der Waals surface area contributed by atoms with Crippen LogP contribution in [0, 0.1) is 11.8 Å². The molecule has 1 aliphatic rings. The van der Waals surface area contributed by atoms with Crippen molar-refractivity contribution < 1.29 is 19.1 Å². The van der Waals surface area contributed by atoms with Crippen molar-refractivity contribution in [3.05, 3.63) is 11.6 Å². The van der Waals surface area contributed by atoms with Gasteiger partial charge in [0.15, 0.2) is 0 Å². The van der Waals surface area contributed by atoms with Gasteiger partial charge in [-0.2, -0.15) is 0 Å². The molecule has 1 aliphatic heterocycles. The second-order valence-electron chi connectivity index (χ2n) is 9.73. The summed E-state index contributed by atoms with van der Waals surface area (Å²) in [6.45, 7) is 21.3. The zero-order valence-electron chi connectivity index (χ0n) is 22.9. The molecule has 7 heteroatoms. The summed E-state index contributed by atoms with van der Waals surface area (Å²) >= 11 is 0. The number of hydrogen-bond acceptors (Lipinski definition) is 5. The van der Waals surface area contributed by atoms with Gasteiger partial charge in [-0.25, -0.2) is 4.79 Å². The highest BCUT2D eigenvalue weighted by atomic mass is 16.5. The van der Waals surface area contributed by atoms with E-state index < -0.39 is 0 Å². The zero-order valence-corrected chi connectivity index (χ0v) is 22.9. The van der Waals surface area contributed by atoms with Gasteiger partial charge in [-0.1, -0.05) is 54.5 Å². The van der Waals surface area contributed by atoms with Crippen LogP contribution in [0.1, 0.15) is 89.0 Å². The second-order valence-corrected chi connectivity index (χ2v) is 9.73. The summed E-state index contributed by atoms with van der Waals surface area (Å²) in [5, 5.41) is 2.34. The number of carbonyl (C=O) groups excluding carboxylic acids is 3. The molecule has 0 spiro atoms. The van der Waals surface area contributed by atoms with Gasteiger partial charge in [0.25, 0.3) is 0 Å². The van der Waals surface area contributed by atoms with E-state index in [1.807, 2.05) is 13.8 Å². The van der Waals surface area contributed by atoms with Crippen LogP contribution in [0.15, 0.2) is 11.6 Å². The molecule has 1 rings (SSSR count). The van der Waals surface area contributed by atoms with Crippen LogP contribution < -0.4 is 5.32 Å². The summed E-state index contributed by atoms with van der Waals surface area (Å²) in [6, 6.07) is 0.533. The van der Waals surface area contributed by atoms with Crippen molar-refractivity contribution in [1.82, 2.24) is 15.1 Å². The van der Waals surface area contributed by atoms with Crippen LogP contribution in [0.5, 0.6) is 0 Å². The highest BCUT2D eigenvalue weighted by Gasteiger charge is 2.22. The fourth-order valence-electron chi connectivity index (χ4n) is 3.18. The van der Waals surface area contributed by atoms with Crippen LogP contribution in [0.4, 0.5) is 0 Å². The lowest BCUT2D eigenvalue weighted by Gasteiger charge is -2.29.